The zero-order valence-electron chi connectivity index (χ0n) is 13.5. The zero-order chi connectivity index (χ0) is 18.6. The van der Waals surface area contributed by atoms with E-state index < -0.39 is 5.97 Å². The molecule has 9 heteroatoms. The lowest BCUT2D eigenvalue weighted by molar-refractivity contribution is 0.0697. The van der Waals surface area contributed by atoms with Crippen molar-refractivity contribution in [3.05, 3.63) is 45.2 Å². The number of halogens is 2. The lowest BCUT2D eigenvalue weighted by Gasteiger charge is -2.18. The van der Waals surface area contributed by atoms with Crippen LogP contribution in [0.2, 0.25) is 10.0 Å². The third-order valence-electron chi connectivity index (χ3n) is 4.23. The molecule has 3 aromatic rings. The van der Waals surface area contributed by atoms with E-state index >= 15 is 0 Å². The van der Waals surface area contributed by atoms with Gasteiger partial charge in [-0.2, -0.15) is 0 Å². The van der Waals surface area contributed by atoms with Gasteiger partial charge in [0.25, 0.3) is 5.91 Å². The Morgan fingerprint density at radius 1 is 1.31 bits per heavy atom. The molecule has 0 unspecified atom stereocenters. The number of fused-ring (bicyclic) bond motifs is 1. The molecule has 1 fully saturated rings. The van der Waals surface area contributed by atoms with Gasteiger partial charge in [-0.25, -0.2) is 9.78 Å². The molecule has 0 aliphatic heterocycles. The van der Waals surface area contributed by atoms with Crippen LogP contribution < -0.4 is 4.90 Å². The standard InChI is InChI=1S/C17H13Cl2N3O3S/c1-7-12(18)13(19)14(20-7)15(23)22(9-3-4-9)17-21-10-5-2-8(16(24)25)6-11(10)26-17/h2,5-6,9,20H,3-4H2,1H3,(H,24,25). The van der Waals surface area contributed by atoms with Crippen molar-refractivity contribution in [2.75, 3.05) is 4.90 Å². The maximum Gasteiger partial charge on any atom is 0.335 e. The van der Waals surface area contributed by atoms with Crippen LogP contribution in [0.15, 0.2) is 18.2 Å². The van der Waals surface area contributed by atoms with Gasteiger partial charge in [0.2, 0.25) is 0 Å². The second kappa shape index (κ2) is 6.26. The molecule has 0 bridgehead atoms. The number of carboxylic acid groups (broad SMARTS) is 1. The van der Waals surface area contributed by atoms with Crippen LogP contribution in [0.25, 0.3) is 10.2 Å². The van der Waals surface area contributed by atoms with E-state index in [2.05, 4.69) is 9.97 Å². The van der Waals surface area contributed by atoms with Crippen molar-refractivity contribution in [1.82, 2.24) is 9.97 Å². The van der Waals surface area contributed by atoms with E-state index in [9.17, 15) is 9.59 Å². The minimum atomic E-state index is -1.000. The summed E-state index contributed by atoms with van der Waals surface area (Å²) in [5, 5.41) is 10.2. The van der Waals surface area contributed by atoms with Gasteiger partial charge < -0.3 is 10.1 Å². The normalized spacial score (nSPS) is 14.0. The Hall–Kier alpha value is -2.09. The molecule has 2 aromatic heterocycles. The first-order valence-corrected chi connectivity index (χ1v) is 9.45. The number of hydrogen-bond donors (Lipinski definition) is 2. The molecule has 0 radical (unpaired) electrons. The highest BCUT2D eigenvalue weighted by atomic mass is 35.5. The summed E-state index contributed by atoms with van der Waals surface area (Å²) in [7, 11) is 0. The first kappa shape index (κ1) is 17.3. The van der Waals surface area contributed by atoms with Crippen LogP contribution in [-0.2, 0) is 0 Å². The number of aromatic carboxylic acids is 1. The maximum absolute atomic E-state index is 13.1. The molecule has 1 saturated carbocycles. The number of anilines is 1. The van der Waals surface area contributed by atoms with Gasteiger partial charge in [0, 0.05) is 11.7 Å². The number of carboxylic acids is 1. The van der Waals surface area contributed by atoms with E-state index in [0.29, 0.717) is 26.1 Å². The number of H-pyrrole nitrogens is 1. The minimum absolute atomic E-state index is 0.0560. The van der Waals surface area contributed by atoms with E-state index in [1.807, 2.05) is 0 Å². The van der Waals surface area contributed by atoms with Crippen molar-refractivity contribution in [3.8, 4) is 0 Å². The fourth-order valence-electron chi connectivity index (χ4n) is 2.73. The van der Waals surface area contributed by atoms with E-state index in [-0.39, 0.29) is 28.2 Å². The monoisotopic (exact) mass is 409 g/mol. The van der Waals surface area contributed by atoms with Crippen LogP contribution in [0.4, 0.5) is 5.13 Å². The number of thiazole rings is 1. The molecule has 1 aromatic carbocycles. The van der Waals surface area contributed by atoms with Crippen LogP contribution in [0.1, 0.15) is 39.4 Å². The van der Waals surface area contributed by atoms with E-state index in [4.69, 9.17) is 28.3 Å². The van der Waals surface area contributed by atoms with Crippen LogP contribution in [0, 0.1) is 6.92 Å². The zero-order valence-corrected chi connectivity index (χ0v) is 15.9. The molecule has 134 valence electrons. The fraction of sp³-hybridized carbons (Fsp3) is 0.235. The molecule has 0 spiro atoms. The van der Waals surface area contributed by atoms with Crippen LogP contribution in [0.5, 0.6) is 0 Å². The van der Waals surface area contributed by atoms with Crippen molar-refractivity contribution in [2.24, 2.45) is 0 Å². The lowest BCUT2D eigenvalue weighted by atomic mass is 10.2. The number of carbonyl (C=O) groups excluding carboxylic acids is 1. The first-order valence-electron chi connectivity index (χ1n) is 7.88. The van der Waals surface area contributed by atoms with Crippen molar-refractivity contribution in [1.29, 1.82) is 0 Å². The molecule has 6 nitrogen and oxygen atoms in total. The molecule has 1 aliphatic carbocycles. The van der Waals surface area contributed by atoms with Crippen molar-refractivity contribution < 1.29 is 14.7 Å². The maximum atomic E-state index is 13.1. The van der Waals surface area contributed by atoms with Crippen molar-refractivity contribution in [2.45, 2.75) is 25.8 Å². The Bertz CT molecular complexity index is 1060. The number of amides is 1. The molecule has 2 N–H and O–H groups in total. The number of aryl methyl sites for hydroxylation is 1. The molecular formula is C17H13Cl2N3O3S. The Morgan fingerprint density at radius 2 is 2.04 bits per heavy atom. The third kappa shape index (κ3) is 2.86. The SMILES string of the molecule is Cc1[nH]c(C(=O)N(c2nc3ccc(C(=O)O)cc3s2)C2CC2)c(Cl)c1Cl. The smallest absolute Gasteiger partial charge is 0.335 e. The second-order valence-corrected chi connectivity index (χ2v) is 7.91. The largest absolute Gasteiger partial charge is 0.478 e. The highest BCUT2D eigenvalue weighted by molar-refractivity contribution is 7.22. The summed E-state index contributed by atoms with van der Waals surface area (Å²) < 4.78 is 0.713. The Morgan fingerprint density at radius 3 is 2.62 bits per heavy atom. The number of nitrogens with one attached hydrogen (secondary N) is 1. The summed E-state index contributed by atoms with van der Waals surface area (Å²) in [6.45, 7) is 1.75. The average molecular weight is 410 g/mol. The molecule has 26 heavy (non-hydrogen) atoms. The number of hydrogen-bond acceptors (Lipinski definition) is 4. The quantitative estimate of drug-likeness (QED) is 0.650. The highest BCUT2D eigenvalue weighted by Gasteiger charge is 2.38. The number of rotatable bonds is 4. The van der Waals surface area contributed by atoms with Gasteiger partial charge in [-0.1, -0.05) is 34.5 Å². The molecular weight excluding hydrogens is 397 g/mol. The number of benzene rings is 1. The van der Waals surface area contributed by atoms with Crippen LogP contribution in [-0.4, -0.2) is 33.0 Å². The van der Waals surface area contributed by atoms with Crippen LogP contribution in [0.3, 0.4) is 0 Å². The predicted octanol–water partition coefficient (Wildman–Crippen LogP) is 4.75. The number of nitrogens with zero attached hydrogens (tertiary/aromatic N) is 2. The van der Waals surface area contributed by atoms with Gasteiger partial charge in [-0.15, -0.1) is 0 Å². The average Bonchev–Trinajstić information content (AvgIpc) is 3.29. The summed E-state index contributed by atoms with van der Waals surface area (Å²) in [6.07, 6.45) is 1.76. The number of aromatic nitrogens is 2. The summed E-state index contributed by atoms with van der Waals surface area (Å²) in [4.78, 5) is 33.3. The van der Waals surface area contributed by atoms with Gasteiger partial charge in [0.15, 0.2) is 5.13 Å². The molecule has 2 heterocycles. The summed E-state index contributed by atoms with van der Waals surface area (Å²) >= 11 is 13.6. The van der Waals surface area contributed by atoms with E-state index in [0.717, 1.165) is 12.8 Å². The van der Waals surface area contributed by atoms with Crippen molar-refractivity contribution >= 4 is 61.8 Å². The first-order chi connectivity index (χ1) is 12.4. The third-order valence-corrected chi connectivity index (χ3v) is 6.19. The topological polar surface area (TPSA) is 86.3 Å². The van der Waals surface area contributed by atoms with Gasteiger partial charge in [0.1, 0.15) is 5.69 Å². The minimum Gasteiger partial charge on any atom is -0.478 e. The molecule has 0 atom stereocenters. The Balaban J connectivity index is 1.77. The Labute approximate surface area is 162 Å². The van der Waals surface area contributed by atoms with E-state index in [1.54, 1.807) is 24.0 Å². The van der Waals surface area contributed by atoms with Gasteiger partial charge in [-0.3, -0.25) is 9.69 Å². The van der Waals surface area contributed by atoms with Crippen molar-refractivity contribution in [3.63, 3.8) is 0 Å². The summed E-state index contributed by atoms with van der Waals surface area (Å²) in [6, 6.07) is 4.77. The molecule has 1 amide bonds. The molecule has 1 aliphatic rings. The number of aromatic amines is 1. The van der Waals surface area contributed by atoms with Gasteiger partial charge in [0.05, 0.1) is 25.8 Å². The van der Waals surface area contributed by atoms with Gasteiger partial charge in [-0.05, 0) is 38.0 Å². The van der Waals surface area contributed by atoms with Crippen LogP contribution >= 0.6 is 34.5 Å². The predicted molar refractivity (Wildman–Crippen MR) is 102 cm³/mol. The van der Waals surface area contributed by atoms with Gasteiger partial charge >= 0.3 is 5.97 Å². The second-order valence-electron chi connectivity index (χ2n) is 6.14. The van der Waals surface area contributed by atoms with E-state index in [1.165, 1.54) is 17.4 Å². The fourth-order valence-corrected chi connectivity index (χ4v) is 4.22. The molecule has 4 rings (SSSR count). The highest BCUT2D eigenvalue weighted by Crippen LogP contribution is 2.39. The Kier molecular flexibility index (Phi) is 4.17. The lowest BCUT2D eigenvalue weighted by Crippen LogP contribution is -2.33. The summed E-state index contributed by atoms with van der Waals surface area (Å²) in [5.74, 6) is -1.29. The summed E-state index contributed by atoms with van der Waals surface area (Å²) in [5.41, 5.74) is 1.71. The number of carbonyl (C=O) groups is 2. The molecule has 0 saturated heterocycles.